The van der Waals surface area contributed by atoms with Crippen LogP contribution in [0.1, 0.15) is 0 Å². The molecular formula is C12H15N5. The fraction of sp³-hybridized carbons (Fsp3) is 0.167. The lowest BCUT2D eigenvalue weighted by Crippen LogP contribution is -2.14. The van der Waals surface area contributed by atoms with Crippen molar-refractivity contribution in [1.29, 1.82) is 0 Å². The quantitative estimate of drug-likeness (QED) is 0.726. The van der Waals surface area contributed by atoms with E-state index in [0.717, 1.165) is 17.3 Å². The summed E-state index contributed by atoms with van der Waals surface area (Å²) in [5.41, 5.74) is 6.41. The molecule has 0 saturated heterocycles. The van der Waals surface area contributed by atoms with Crippen LogP contribution in [0, 0.1) is 0 Å². The molecule has 2 rings (SSSR count). The molecule has 4 N–H and O–H groups in total. The van der Waals surface area contributed by atoms with Gasteiger partial charge < -0.3 is 16.4 Å². The molecule has 0 aliphatic heterocycles. The number of nitrogens with two attached hydrogens (primary N) is 1. The van der Waals surface area contributed by atoms with Crippen molar-refractivity contribution in [3.63, 3.8) is 0 Å². The van der Waals surface area contributed by atoms with E-state index in [-0.39, 0.29) is 0 Å². The number of anilines is 3. The number of hydrogen-bond donors (Lipinski definition) is 3. The van der Waals surface area contributed by atoms with E-state index in [1.165, 1.54) is 6.33 Å². The van der Waals surface area contributed by atoms with Gasteiger partial charge in [0.25, 0.3) is 0 Å². The molecule has 0 spiro atoms. The molecule has 0 saturated carbocycles. The summed E-state index contributed by atoms with van der Waals surface area (Å²) in [6, 6.07) is 11.7. The van der Waals surface area contributed by atoms with E-state index in [4.69, 9.17) is 5.73 Å². The molecule has 1 heterocycles. The lowest BCUT2D eigenvalue weighted by molar-refractivity contribution is 1.00. The van der Waals surface area contributed by atoms with E-state index in [1.807, 2.05) is 36.4 Å². The first kappa shape index (κ1) is 11.3. The van der Waals surface area contributed by atoms with Crippen molar-refractivity contribution in [3.8, 4) is 0 Å². The molecule has 5 nitrogen and oxygen atoms in total. The fourth-order valence-electron chi connectivity index (χ4n) is 1.39. The number of nitrogens with zero attached hydrogens (tertiary/aromatic N) is 2. The minimum Gasteiger partial charge on any atom is -0.369 e. The first-order valence-corrected chi connectivity index (χ1v) is 5.46. The summed E-state index contributed by atoms with van der Waals surface area (Å²) in [4.78, 5) is 8.25. The number of benzene rings is 1. The number of aromatic nitrogens is 2. The Bertz CT molecular complexity index is 457. The second kappa shape index (κ2) is 5.81. The Labute approximate surface area is 100 Å². The molecule has 0 aliphatic carbocycles. The van der Waals surface area contributed by atoms with Crippen molar-refractivity contribution in [1.82, 2.24) is 9.97 Å². The SMILES string of the molecule is NCCNc1cc(Nc2ccccc2)ncn1. The minimum absolute atomic E-state index is 0.575. The third kappa shape index (κ3) is 3.42. The Hall–Kier alpha value is -2.14. The largest absolute Gasteiger partial charge is 0.369 e. The molecular weight excluding hydrogens is 214 g/mol. The number of nitrogens with one attached hydrogen (secondary N) is 2. The summed E-state index contributed by atoms with van der Waals surface area (Å²) < 4.78 is 0. The lowest BCUT2D eigenvalue weighted by Gasteiger charge is -2.07. The van der Waals surface area contributed by atoms with Crippen LogP contribution in [0.2, 0.25) is 0 Å². The number of rotatable bonds is 5. The maximum absolute atomic E-state index is 5.42. The van der Waals surface area contributed by atoms with Gasteiger partial charge in [-0.15, -0.1) is 0 Å². The van der Waals surface area contributed by atoms with Crippen molar-refractivity contribution >= 4 is 17.3 Å². The Morgan fingerprint density at radius 1 is 1.06 bits per heavy atom. The van der Waals surface area contributed by atoms with Crippen LogP contribution in [0.5, 0.6) is 0 Å². The predicted octanol–water partition coefficient (Wildman–Crippen LogP) is 1.59. The van der Waals surface area contributed by atoms with Gasteiger partial charge >= 0.3 is 0 Å². The molecule has 2 aromatic rings. The van der Waals surface area contributed by atoms with E-state index in [9.17, 15) is 0 Å². The molecule has 0 unspecified atom stereocenters. The van der Waals surface area contributed by atoms with Crippen molar-refractivity contribution in [2.75, 3.05) is 23.7 Å². The van der Waals surface area contributed by atoms with Crippen molar-refractivity contribution < 1.29 is 0 Å². The van der Waals surface area contributed by atoms with E-state index >= 15 is 0 Å². The van der Waals surface area contributed by atoms with Crippen LogP contribution in [0.3, 0.4) is 0 Å². The summed E-state index contributed by atoms with van der Waals surface area (Å²) in [6.07, 6.45) is 1.52. The highest BCUT2D eigenvalue weighted by molar-refractivity contribution is 5.58. The molecule has 1 aromatic carbocycles. The van der Waals surface area contributed by atoms with Crippen LogP contribution in [0.15, 0.2) is 42.7 Å². The minimum atomic E-state index is 0.575. The van der Waals surface area contributed by atoms with Gasteiger partial charge in [0.05, 0.1) is 0 Å². The van der Waals surface area contributed by atoms with Gasteiger partial charge in [0, 0.05) is 24.8 Å². The first-order valence-electron chi connectivity index (χ1n) is 5.46. The van der Waals surface area contributed by atoms with Gasteiger partial charge in [0.2, 0.25) is 0 Å². The predicted molar refractivity (Wildman–Crippen MR) is 69.3 cm³/mol. The fourth-order valence-corrected chi connectivity index (χ4v) is 1.39. The second-order valence-electron chi connectivity index (χ2n) is 3.49. The third-order valence-corrected chi connectivity index (χ3v) is 2.16. The number of hydrogen-bond acceptors (Lipinski definition) is 5. The Kier molecular flexibility index (Phi) is 3.88. The second-order valence-corrected chi connectivity index (χ2v) is 3.49. The van der Waals surface area contributed by atoms with E-state index in [2.05, 4.69) is 20.6 Å². The van der Waals surface area contributed by atoms with Crippen molar-refractivity contribution in [2.45, 2.75) is 0 Å². The normalized spacial score (nSPS) is 9.94. The number of para-hydroxylation sites is 1. The highest BCUT2D eigenvalue weighted by Gasteiger charge is 1.98. The average molecular weight is 229 g/mol. The zero-order valence-electron chi connectivity index (χ0n) is 9.43. The summed E-state index contributed by atoms with van der Waals surface area (Å²) in [5, 5.41) is 6.30. The Morgan fingerprint density at radius 3 is 2.59 bits per heavy atom. The highest BCUT2D eigenvalue weighted by atomic mass is 15.1. The first-order chi connectivity index (χ1) is 8.38. The molecule has 0 atom stereocenters. The monoisotopic (exact) mass is 229 g/mol. The molecule has 1 aromatic heterocycles. The van der Waals surface area contributed by atoms with Crippen LogP contribution in [-0.2, 0) is 0 Å². The topological polar surface area (TPSA) is 75.9 Å². The Balaban J connectivity index is 2.06. The van der Waals surface area contributed by atoms with E-state index in [0.29, 0.717) is 13.1 Å². The lowest BCUT2D eigenvalue weighted by atomic mass is 10.3. The standard InChI is InChI=1S/C12H15N5/c13-6-7-14-11-8-12(16-9-15-11)17-10-4-2-1-3-5-10/h1-5,8-9H,6-7,13H2,(H2,14,15,16,17). The summed E-state index contributed by atoms with van der Waals surface area (Å²) in [7, 11) is 0. The van der Waals surface area contributed by atoms with E-state index in [1.54, 1.807) is 0 Å². The van der Waals surface area contributed by atoms with Crippen LogP contribution in [0.25, 0.3) is 0 Å². The molecule has 0 aliphatic rings. The molecule has 88 valence electrons. The molecule has 5 heteroatoms. The smallest absolute Gasteiger partial charge is 0.135 e. The van der Waals surface area contributed by atoms with Gasteiger partial charge in [0.1, 0.15) is 18.0 Å². The van der Waals surface area contributed by atoms with Crippen LogP contribution >= 0.6 is 0 Å². The zero-order chi connectivity index (χ0) is 11.9. The van der Waals surface area contributed by atoms with Gasteiger partial charge in [-0.25, -0.2) is 9.97 Å². The highest BCUT2D eigenvalue weighted by Crippen LogP contribution is 2.15. The summed E-state index contributed by atoms with van der Waals surface area (Å²) in [5.74, 6) is 1.52. The van der Waals surface area contributed by atoms with Gasteiger partial charge in [-0.2, -0.15) is 0 Å². The van der Waals surface area contributed by atoms with Gasteiger partial charge in [0.15, 0.2) is 0 Å². The molecule has 0 radical (unpaired) electrons. The van der Waals surface area contributed by atoms with E-state index < -0.39 is 0 Å². The molecule has 0 bridgehead atoms. The molecule has 17 heavy (non-hydrogen) atoms. The van der Waals surface area contributed by atoms with Crippen LogP contribution < -0.4 is 16.4 Å². The maximum Gasteiger partial charge on any atom is 0.135 e. The third-order valence-electron chi connectivity index (χ3n) is 2.16. The average Bonchev–Trinajstić information content (AvgIpc) is 2.38. The Morgan fingerprint density at radius 2 is 1.82 bits per heavy atom. The summed E-state index contributed by atoms with van der Waals surface area (Å²) in [6.45, 7) is 1.27. The van der Waals surface area contributed by atoms with Crippen LogP contribution in [0.4, 0.5) is 17.3 Å². The molecule has 0 fully saturated rings. The van der Waals surface area contributed by atoms with Gasteiger partial charge in [-0.1, -0.05) is 18.2 Å². The summed E-state index contributed by atoms with van der Waals surface area (Å²) >= 11 is 0. The maximum atomic E-state index is 5.42. The van der Waals surface area contributed by atoms with Crippen molar-refractivity contribution in [3.05, 3.63) is 42.7 Å². The zero-order valence-corrected chi connectivity index (χ0v) is 9.43. The van der Waals surface area contributed by atoms with Gasteiger partial charge in [-0.3, -0.25) is 0 Å². The molecule has 0 amide bonds. The van der Waals surface area contributed by atoms with Crippen molar-refractivity contribution in [2.24, 2.45) is 5.73 Å². The van der Waals surface area contributed by atoms with Crippen LogP contribution in [-0.4, -0.2) is 23.1 Å². The van der Waals surface area contributed by atoms with Gasteiger partial charge in [-0.05, 0) is 12.1 Å².